The third-order valence-corrected chi connectivity index (χ3v) is 7.25. The van der Waals surface area contributed by atoms with Crippen LogP contribution in [0.5, 0.6) is 0 Å². The van der Waals surface area contributed by atoms with Crippen LogP contribution in [0.15, 0.2) is 42.6 Å². The van der Waals surface area contributed by atoms with E-state index >= 15 is 0 Å². The summed E-state index contributed by atoms with van der Waals surface area (Å²) >= 11 is 0. The Bertz CT molecular complexity index is 1190. The topological polar surface area (TPSA) is 61.4 Å². The Morgan fingerprint density at radius 2 is 1.97 bits per heavy atom. The number of nitrogens with zero attached hydrogens (tertiary/aromatic N) is 4. The standard InChI is InChI=1S/C26H29N5O/c1-17-4-5-19(26(32)28-21-7-8-21)14-24(17)18-6-9-23-20(13-18)15-27-29-25(23)31-12-11-30-10-2-3-22(30)16-31/h4-6,9,13-15,21-22H,2-3,7-8,10-12,16H2,1H3,(H,28,32)/t22-/m0/s1. The van der Waals surface area contributed by atoms with Crippen molar-refractivity contribution in [3.05, 3.63) is 53.7 Å². The molecule has 0 bridgehead atoms. The van der Waals surface area contributed by atoms with E-state index in [1.807, 2.05) is 24.4 Å². The number of benzene rings is 2. The maximum absolute atomic E-state index is 12.6. The van der Waals surface area contributed by atoms with Gasteiger partial charge in [0.15, 0.2) is 5.82 Å². The Kier molecular flexibility index (Phi) is 4.83. The molecule has 1 amide bonds. The van der Waals surface area contributed by atoms with Crippen LogP contribution in [0.3, 0.4) is 0 Å². The van der Waals surface area contributed by atoms with Crippen LogP contribution < -0.4 is 10.2 Å². The third kappa shape index (κ3) is 3.62. The maximum atomic E-state index is 12.6. The van der Waals surface area contributed by atoms with E-state index in [0.29, 0.717) is 12.1 Å². The predicted octanol–water partition coefficient (Wildman–Crippen LogP) is 3.78. The van der Waals surface area contributed by atoms with Crippen LogP contribution >= 0.6 is 0 Å². The van der Waals surface area contributed by atoms with Gasteiger partial charge in [-0.1, -0.05) is 12.1 Å². The Morgan fingerprint density at radius 1 is 1.06 bits per heavy atom. The number of aromatic nitrogens is 2. The van der Waals surface area contributed by atoms with E-state index in [-0.39, 0.29) is 5.91 Å². The summed E-state index contributed by atoms with van der Waals surface area (Å²) in [7, 11) is 0. The Labute approximate surface area is 188 Å². The molecule has 2 aliphatic heterocycles. The lowest BCUT2D eigenvalue weighted by molar-refractivity contribution is 0.0951. The summed E-state index contributed by atoms with van der Waals surface area (Å²) in [6, 6.07) is 13.5. The average Bonchev–Trinajstić information content (AvgIpc) is 3.51. The molecule has 0 unspecified atom stereocenters. The van der Waals surface area contributed by atoms with Gasteiger partial charge in [0.05, 0.1) is 6.20 Å². The van der Waals surface area contributed by atoms with E-state index in [1.54, 1.807) is 0 Å². The summed E-state index contributed by atoms with van der Waals surface area (Å²) in [5.41, 5.74) is 4.08. The number of amides is 1. The second-order valence-electron chi connectivity index (χ2n) is 9.53. The van der Waals surface area contributed by atoms with Gasteiger partial charge in [-0.3, -0.25) is 9.69 Å². The Morgan fingerprint density at radius 3 is 2.84 bits per heavy atom. The molecule has 2 saturated heterocycles. The molecule has 164 valence electrons. The number of hydrogen-bond donors (Lipinski definition) is 1. The summed E-state index contributed by atoms with van der Waals surface area (Å²) in [5.74, 6) is 1.02. The van der Waals surface area contributed by atoms with Gasteiger partial charge in [0, 0.05) is 48.1 Å². The van der Waals surface area contributed by atoms with Crippen molar-refractivity contribution in [3.8, 4) is 11.1 Å². The van der Waals surface area contributed by atoms with E-state index in [2.05, 4.69) is 50.4 Å². The summed E-state index contributed by atoms with van der Waals surface area (Å²) < 4.78 is 0. The lowest BCUT2D eigenvalue weighted by Crippen LogP contribution is -2.50. The van der Waals surface area contributed by atoms with Crippen LogP contribution in [0.4, 0.5) is 5.82 Å². The molecule has 2 aromatic carbocycles. The van der Waals surface area contributed by atoms with E-state index in [9.17, 15) is 4.79 Å². The molecular weight excluding hydrogens is 398 g/mol. The Hall–Kier alpha value is -2.99. The first kappa shape index (κ1) is 19.7. The summed E-state index contributed by atoms with van der Waals surface area (Å²) in [5, 5.41) is 14.2. The molecule has 32 heavy (non-hydrogen) atoms. The van der Waals surface area contributed by atoms with Gasteiger partial charge in [-0.25, -0.2) is 0 Å². The second kappa shape index (κ2) is 7.85. The van der Waals surface area contributed by atoms with Gasteiger partial charge < -0.3 is 10.2 Å². The lowest BCUT2D eigenvalue weighted by atomic mass is 9.96. The normalized spacial score (nSPS) is 21.0. The molecule has 6 heteroatoms. The van der Waals surface area contributed by atoms with Crippen LogP contribution in [0, 0.1) is 6.92 Å². The summed E-state index contributed by atoms with van der Waals surface area (Å²) in [6.07, 6.45) is 6.62. The molecule has 6 rings (SSSR count). The zero-order valence-electron chi connectivity index (χ0n) is 18.6. The van der Waals surface area contributed by atoms with Gasteiger partial charge in [-0.2, -0.15) is 5.10 Å². The number of rotatable bonds is 4. The summed E-state index contributed by atoms with van der Waals surface area (Å²) in [6.45, 7) is 6.48. The molecule has 1 atom stereocenters. The van der Waals surface area contributed by atoms with Crippen LogP contribution in [-0.4, -0.2) is 59.3 Å². The largest absolute Gasteiger partial charge is 0.352 e. The first-order valence-corrected chi connectivity index (χ1v) is 11.8. The van der Waals surface area contributed by atoms with Crippen molar-refractivity contribution in [2.45, 2.75) is 44.7 Å². The van der Waals surface area contributed by atoms with Crippen molar-refractivity contribution in [2.75, 3.05) is 31.1 Å². The van der Waals surface area contributed by atoms with E-state index in [0.717, 1.165) is 71.3 Å². The van der Waals surface area contributed by atoms with Gasteiger partial charge in [-0.15, -0.1) is 5.10 Å². The fraction of sp³-hybridized carbons (Fsp3) is 0.423. The van der Waals surface area contributed by atoms with Crippen LogP contribution in [0.1, 0.15) is 41.6 Å². The highest BCUT2D eigenvalue weighted by Gasteiger charge is 2.31. The van der Waals surface area contributed by atoms with Crippen molar-refractivity contribution in [2.24, 2.45) is 0 Å². The highest BCUT2D eigenvalue weighted by Crippen LogP contribution is 2.33. The quantitative estimate of drug-likeness (QED) is 0.687. The number of fused-ring (bicyclic) bond motifs is 2. The van der Waals surface area contributed by atoms with Crippen LogP contribution in [0.2, 0.25) is 0 Å². The van der Waals surface area contributed by atoms with Crippen LogP contribution in [-0.2, 0) is 0 Å². The number of piperazine rings is 1. The molecule has 1 N–H and O–H groups in total. The predicted molar refractivity (Wildman–Crippen MR) is 127 cm³/mol. The van der Waals surface area contributed by atoms with Crippen molar-refractivity contribution in [1.82, 2.24) is 20.4 Å². The number of anilines is 1. The number of carbonyl (C=O) groups is 1. The minimum absolute atomic E-state index is 0.0220. The molecule has 3 fully saturated rings. The molecule has 0 spiro atoms. The molecule has 3 aromatic rings. The minimum Gasteiger partial charge on any atom is -0.352 e. The van der Waals surface area contributed by atoms with E-state index in [1.165, 1.54) is 19.4 Å². The first-order chi connectivity index (χ1) is 15.7. The average molecular weight is 428 g/mol. The fourth-order valence-electron chi connectivity index (χ4n) is 5.23. The number of aryl methyl sites for hydroxylation is 1. The second-order valence-corrected chi connectivity index (χ2v) is 9.53. The molecule has 1 saturated carbocycles. The van der Waals surface area contributed by atoms with Gasteiger partial charge in [0.25, 0.3) is 5.91 Å². The van der Waals surface area contributed by atoms with Crippen molar-refractivity contribution >= 4 is 22.5 Å². The monoisotopic (exact) mass is 427 g/mol. The molecule has 6 nitrogen and oxygen atoms in total. The lowest BCUT2D eigenvalue weighted by Gasteiger charge is -2.38. The van der Waals surface area contributed by atoms with Crippen LogP contribution in [0.25, 0.3) is 21.9 Å². The smallest absolute Gasteiger partial charge is 0.251 e. The maximum Gasteiger partial charge on any atom is 0.251 e. The van der Waals surface area contributed by atoms with Gasteiger partial charge in [-0.05, 0) is 80.1 Å². The van der Waals surface area contributed by atoms with Crippen molar-refractivity contribution in [3.63, 3.8) is 0 Å². The highest BCUT2D eigenvalue weighted by molar-refractivity contribution is 5.98. The van der Waals surface area contributed by atoms with Crippen molar-refractivity contribution in [1.29, 1.82) is 0 Å². The molecule has 3 aliphatic rings. The van der Waals surface area contributed by atoms with Crippen molar-refractivity contribution < 1.29 is 4.79 Å². The molecule has 1 aromatic heterocycles. The van der Waals surface area contributed by atoms with Gasteiger partial charge in [0.1, 0.15) is 0 Å². The highest BCUT2D eigenvalue weighted by atomic mass is 16.1. The molecule has 3 heterocycles. The number of carbonyl (C=O) groups excluding carboxylic acids is 1. The molecular formula is C26H29N5O. The SMILES string of the molecule is Cc1ccc(C(=O)NC2CC2)cc1-c1ccc2c(N3CCN4CCC[C@H]4C3)nncc2c1. The first-order valence-electron chi connectivity index (χ1n) is 11.8. The number of hydrogen-bond acceptors (Lipinski definition) is 5. The molecule has 1 aliphatic carbocycles. The van der Waals surface area contributed by atoms with Gasteiger partial charge in [0.2, 0.25) is 0 Å². The van der Waals surface area contributed by atoms with E-state index < -0.39 is 0 Å². The zero-order chi connectivity index (χ0) is 21.7. The molecule has 0 radical (unpaired) electrons. The Balaban J connectivity index is 1.32. The fourth-order valence-corrected chi connectivity index (χ4v) is 5.23. The van der Waals surface area contributed by atoms with Gasteiger partial charge >= 0.3 is 0 Å². The number of nitrogens with one attached hydrogen (secondary N) is 1. The van der Waals surface area contributed by atoms with E-state index in [4.69, 9.17) is 0 Å². The zero-order valence-corrected chi connectivity index (χ0v) is 18.6. The third-order valence-electron chi connectivity index (χ3n) is 7.25. The minimum atomic E-state index is 0.0220. The summed E-state index contributed by atoms with van der Waals surface area (Å²) in [4.78, 5) is 17.6.